The van der Waals surface area contributed by atoms with E-state index in [0.717, 1.165) is 22.7 Å². The minimum absolute atomic E-state index is 0.432. The molecule has 4 N–H and O–H groups in total. The van der Waals surface area contributed by atoms with Crippen LogP contribution >= 0.6 is 0 Å². The van der Waals surface area contributed by atoms with Gasteiger partial charge in [0, 0.05) is 29.1 Å². The van der Waals surface area contributed by atoms with Crippen LogP contribution in [0.15, 0.2) is 36.5 Å². The highest BCUT2D eigenvalue weighted by molar-refractivity contribution is 5.93. The number of benzene rings is 1. The predicted molar refractivity (Wildman–Crippen MR) is 90.0 cm³/mol. The number of fused-ring (bicyclic) bond motifs is 1. The average Bonchev–Trinajstić information content (AvgIpc) is 2.55. The summed E-state index contributed by atoms with van der Waals surface area (Å²) in [5.74, 6) is 0.717. The normalized spacial score (nSPS) is 12.8. The lowest BCUT2D eigenvalue weighted by Crippen LogP contribution is -2.21. The highest BCUT2D eigenvalue weighted by Gasteiger charge is 2.19. The number of amides is 1. The number of nitrogens with zero attached hydrogens (tertiary/aromatic N) is 2. The van der Waals surface area contributed by atoms with Gasteiger partial charge in [-0.1, -0.05) is 6.07 Å². The third-order valence-corrected chi connectivity index (χ3v) is 3.64. The van der Waals surface area contributed by atoms with Crippen molar-refractivity contribution in [2.45, 2.75) is 13.5 Å². The van der Waals surface area contributed by atoms with Gasteiger partial charge in [0.15, 0.2) is 0 Å². The second-order valence-corrected chi connectivity index (χ2v) is 5.20. The molecule has 6 nitrogen and oxygen atoms in total. The van der Waals surface area contributed by atoms with Crippen molar-refractivity contribution in [1.29, 1.82) is 0 Å². The number of nitrogen functional groups attached to an aromatic ring is 1. The topological polar surface area (TPSA) is 94.5 Å². The van der Waals surface area contributed by atoms with Crippen LogP contribution in [0.4, 0.5) is 11.5 Å². The average molecular weight is 310 g/mol. The van der Waals surface area contributed by atoms with Crippen molar-refractivity contribution in [2.75, 3.05) is 17.2 Å². The summed E-state index contributed by atoms with van der Waals surface area (Å²) in [4.78, 5) is 17.7. The van der Waals surface area contributed by atoms with Gasteiger partial charge in [-0.3, -0.25) is 4.79 Å². The molecule has 118 valence electrons. The zero-order valence-corrected chi connectivity index (χ0v) is 12.8. The molecule has 1 aromatic heterocycles. The first-order valence-electron chi connectivity index (χ1n) is 7.35. The van der Waals surface area contributed by atoms with Crippen LogP contribution in [0.1, 0.15) is 28.5 Å². The quantitative estimate of drug-likeness (QED) is 0.902. The van der Waals surface area contributed by atoms with Gasteiger partial charge >= 0.3 is 0 Å². The first kappa shape index (κ1) is 14.9. The molecule has 3 rings (SSSR count). The number of carbonyl (C=O) groups is 1. The van der Waals surface area contributed by atoms with E-state index in [1.807, 2.05) is 36.2 Å². The number of aromatic nitrogens is 1. The Morgan fingerprint density at radius 2 is 2.22 bits per heavy atom. The number of carbonyl (C=O) groups excluding carboxylic acids is 1. The summed E-state index contributed by atoms with van der Waals surface area (Å²) in [5, 5.41) is 0. The van der Waals surface area contributed by atoms with Crippen molar-refractivity contribution in [3.8, 4) is 5.75 Å². The Morgan fingerprint density at radius 1 is 1.39 bits per heavy atom. The van der Waals surface area contributed by atoms with Crippen LogP contribution in [0.25, 0.3) is 6.08 Å². The summed E-state index contributed by atoms with van der Waals surface area (Å²) < 4.78 is 5.68. The summed E-state index contributed by atoms with van der Waals surface area (Å²) in [6, 6.07) is 8.93. The molecule has 0 fully saturated rings. The van der Waals surface area contributed by atoms with E-state index >= 15 is 0 Å². The van der Waals surface area contributed by atoms with Gasteiger partial charge in [0.2, 0.25) is 5.91 Å². The molecule has 0 unspecified atom stereocenters. The van der Waals surface area contributed by atoms with Crippen LogP contribution in [0.2, 0.25) is 0 Å². The van der Waals surface area contributed by atoms with Gasteiger partial charge in [-0.15, -0.1) is 0 Å². The first-order valence-corrected chi connectivity index (χ1v) is 7.35. The number of nitrogens with two attached hydrogens (primary N) is 2. The molecule has 2 heterocycles. The third kappa shape index (κ3) is 2.96. The summed E-state index contributed by atoms with van der Waals surface area (Å²) in [5.41, 5.74) is 14.3. The number of rotatable bonds is 4. The molecule has 6 heteroatoms. The Kier molecular flexibility index (Phi) is 3.89. The van der Waals surface area contributed by atoms with E-state index in [4.69, 9.17) is 16.2 Å². The Morgan fingerprint density at radius 3 is 2.96 bits per heavy atom. The zero-order valence-electron chi connectivity index (χ0n) is 12.8. The van der Waals surface area contributed by atoms with Crippen LogP contribution in [-0.2, 0) is 6.54 Å². The van der Waals surface area contributed by atoms with Crippen LogP contribution < -0.4 is 21.1 Å². The largest absolute Gasteiger partial charge is 0.493 e. The molecule has 23 heavy (non-hydrogen) atoms. The molecular formula is C17H18N4O2. The van der Waals surface area contributed by atoms with Crippen LogP contribution in [-0.4, -0.2) is 17.5 Å². The van der Waals surface area contributed by atoms with Crippen molar-refractivity contribution in [3.63, 3.8) is 0 Å². The molecule has 0 radical (unpaired) electrons. The molecule has 0 aliphatic carbocycles. The summed E-state index contributed by atoms with van der Waals surface area (Å²) in [7, 11) is 0. The Bertz CT molecular complexity index is 786. The highest BCUT2D eigenvalue weighted by atomic mass is 16.5. The molecule has 0 spiro atoms. The maximum absolute atomic E-state index is 11.4. The van der Waals surface area contributed by atoms with Gasteiger partial charge in [0.05, 0.1) is 18.8 Å². The van der Waals surface area contributed by atoms with E-state index in [0.29, 0.717) is 24.5 Å². The van der Waals surface area contributed by atoms with Gasteiger partial charge in [0.25, 0.3) is 0 Å². The minimum atomic E-state index is -0.447. The van der Waals surface area contributed by atoms with Crippen molar-refractivity contribution in [3.05, 3.63) is 53.4 Å². The monoisotopic (exact) mass is 310 g/mol. The number of pyridine rings is 1. The van der Waals surface area contributed by atoms with E-state index in [9.17, 15) is 4.79 Å². The lowest BCUT2D eigenvalue weighted by molar-refractivity contribution is 0.100. The fourth-order valence-electron chi connectivity index (χ4n) is 2.57. The van der Waals surface area contributed by atoms with E-state index in [1.54, 1.807) is 18.2 Å². The molecule has 1 amide bonds. The number of primary amides is 1. The summed E-state index contributed by atoms with van der Waals surface area (Å²) in [6.07, 6.45) is 3.79. The van der Waals surface area contributed by atoms with Gasteiger partial charge < -0.3 is 21.1 Å². The van der Waals surface area contributed by atoms with Gasteiger partial charge in [0.1, 0.15) is 11.6 Å². The zero-order chi connectivity index (χ0) is 16.4. The summed E-state index contributed by atoms with van der Waals surface area (Å²) in [6.45, 7) is 3.06. The van der Waals surface area contributed by atoms with E-state index in [-0.39, 0.29) is 0 Å². The standard InChI is InChI=1S/C17H18N4O2/c1-2-23-15-9-16(18)20-14-6-7-21(10-13(14)15)12-5-3-4-11(8-12)17(19)22/h3-9H,2,10H2,1H3,(H2,18,20)(H2,19,22). The van der Waals surface area contributed by atoms with Gasteiger partial charge in [-0.2, -0.15) is 0 Å². The molecule has 1 aliphatic rings. The SMILES string of the molecule is CCOc1cc(N)nc2c1CN(c1cccc(C(N)=O)c1)C=C2. The second-order valence-electron chi connectivity index (χ2n) is 5.20. The van der Waals surface area contributed by atoms with E-state index < -0.39 is 5.91 Å². The molecule has 0 saturated heterocycles. The Labute approximate surface area is 134 Å². The van der Waals surface area contributed by atoms with Crippen molar-refractivity contribution < 1.29 is 9.53 Å². The minimum Gasteiger partial charge on any atom is -0.493 e. The second kappa shape index (κ2) is 6.00. The molecule has 1 aliphatic heterocycles. The first-order chi connectivity index (χ1) is 11.1. The molecule has 0 bridgehead atoms. The van der Waals surface area contributed by atoms with E-state index in [1.165, 1.54) is 0 Å². The molecule has 0 saturated carbocycles. The molecule has 2 aromatic rings. The smallest absolute Gasteiger partial charge is 0.248 e. The van der Waals surface area contributed by atoms with Gasteiger partial charge in [-0.25, -0.2) is 4.98 Å². The van der Waals surface area contributed by atoms with Crippen LogP contribution in [0.5, 0.6) is 5.75 Å². The maximum atomic E-state index is 11.4. The molecular weight excluding hydrogens is 292 g/mol. The lowest BCUT2D eigenvalue weighted by Gasteiger charge is -2.27. The molecule has 0 atom stereocenters. The van der Waals surface area contributed by atoms with Crippen LogP contribution in [0.3, 0.4) is 0 Å². The lowest BCUT2D eigenvalue weighted by atomic mass is 10.1. The third-order valence-electron chi connectivity index (χ3n) is 3.64. The van der Waals surface area contributed by atoms with Crippen molar-refractivity contribution in [2.24, 2.45) is 5.73 Å². The number of hydrogen-bond donors (Lipinski definition) is 2. The number of ether oxygens (including phenoxy) is 1. The van der Waals surface area contributed by atoms with E-state index in [2.05, 4.69) is 4.98 Å². The predicted octanol–water partition coefficient (Wildman–Crippen LogP) is 2.15. The Hall–Kier alpha value is -3.02. The highest BCUT2D eigenvalue weighted by Crippen LogP contribution is 2.32. The summed E-state index contributed by atoms with van der Waals surface area (Å²) >= 11 is 0. The van der Waals surface area contributed by atoms with Crippen molar-refractivity contribution >= 4 is 23.5 Å². The van der Waals surface area contributed by atoms with Gasteiger partial charge in [-0.05, 0) is 31.2 Å². The number of anilines is 2. The molecule has 1 aromatic carbocycles. The fourth-order valence-corrected chi connectivity index (χ4v) is 2.57. The Balaban J connectivity index is 1.97. The fraction of sp³-hybridized carbons (Fsp3) is 0.176. The maximum Gasteiger partial charge on any atom is 0.248 e. The van der Waals surface area contributed by atoms with Crippen molar-refractivity contribution in [1.82, 2.24) is 4.98 Å². The number of hydrogen-bond acceptors (Lipinski definition) is 5. The van der Waals surface area contributed by atoms with Crippen LogP contribution in [0, 0.1) is 0 Å².